The second-order valence-corrected chi connectivity index (χ2v) is 14.4. The summed E-state index contributed by atoms with van der Waals surface area (Å²) in [6.07, 6.45) is 0. The smallest absolute Gasteiger partial charge is 0.160 e. The molecule has 0 unspecified atom stereocenters. The van der Waals surface area contributed by atoms with Crippen LogP contribution in [0, 0.1) is 0 Å². The first-order chi connectivity index (χ1) is 26.3. The Kier molecular flexibility index (Phi) is 7.71. The van der Waals surface area contributed by atoms with Crippen LogP contribution in [0.4, 0.5) is 0 Å². The predicted molar refractivity (Wildman–Crippen MR) is 225 cm³/mol. The van der Waals surface area contributed by atoms with Gasteiger partial charge in [0.25, 0.3) is 0 Å². The highest BCUT2D eigenvalue weighted by molar-refractivity contribution is 7.25. The quantitative estimate of drug-likeness (QED) is 0.173. The molecule has 0 N–H and O–H groups in total. The minimum atomic E-state index is 0.705. The maximum Gasteiger partial charge on any atom is 0.160 e. The summed E-state index contributed by atoms with van der Waals surface area (Å²) in [7, 11) is 0. The molecule has 2 aromatic heterocycles. The van der Waals surface area contributed by atoms with E-state index in [-0.39, 0.29) is 0 Å². The Bertz CT molecular complexity index is 2880. The normalized spacial score (nSPS) is 11.4. The third-order valence-electron chi connectivity index (χ3n) is 10.1. The van der Waals surface area contributed by atoms with Gasteiger partial charge in [0.1, 0.15) is 0 Å². The summed E-state index contributed by atoms with van der Waals surface area (Å²) < 4.78 is 2.58. The Morgan fingerprint density at radius 1 is 0.321 bits per heavy atom. The van der Waals surface area contributed by atoms with Crippen LogP contribution < -0.4 is 0 Å². The monoisotopic (exact) mass is 692 g/mol. The van der Waals surface area contributed by atoms with E-state index >= 15 is 0 Å². The first kappa shape index (κ1) is 31.1. The third-order valence-corrected chi connectivity index (χ3v) is 11.2. The Balaban J connectivity index is 1.26. The number of rotatable bonds is 6. The molecular formula is C50H32N2S. The fraction of sp³-hybridized carbons (Fsp3) is 0. The second-order valence-electron chi connectivity index (χ2n) is 13.3. The van der Waals surface area contributed by atoms with Gasteiger partial charge in [-0.15, -0.1) is 11.3 Å². The minimum Gasteiger partial charge on any atom is -0.228 e. The average molecular weight is 693 g/mol. The van der Waals surface area contributed by atoms with Crippen molar-refractivity contribution in [2.75, 3.05) is 0 Å². The van der Waals surface area contributed by atoms with Crippen LogP contribution in [-0.2, 0) is 0 Å². The summed E-state index contributed by atoms with van der Waals surface area (Å²) in [5, 5.41) is 5.04. The Morgan fingerprint density at radius 2 is 0.849 bits per heavy atom. The molecule has 0 amide bonds. The molecule has 2 heterocycles. The van der Waals surface area contributed by atoms with Crippen LogP contribution in [0.3, 0.4) is 0 Å². The molecule has 0 fully saturated rings. The summed E-state index contributed by atoms with van der Waals surface area (Å²) in [6, 6.07) is 69.3. The molecule has 2 nitrogen and oxygen atoms in total. The van der Waals surface area contributed by atoms with Gasteiger partial charge in [-0.1, -0.05) is 158 Å². The van der Waals surface area contributed by atoms with E-state index in [1.807, 2.05) is 35.6 Å². The first-order valence-corrected chi connectivity index (χ1v) is 18.7. The van der Waals surface area contributed by atoms with E-state index in [4.69, 9.17) is 9.97 Å². The Morgan fingerprint density at radius 3 is 1.66 bits per heavy atom. The van der Waals surface area contributed by atoms with Crippen LogP contribution in [0.5, 0.6) is 0 Å². The number of fused-ring (bicyclic) bond motifs is 4. The summed E-state index contributed by atoms with van der Waals surface area (Å²) in [5.74, 6) is 0.705. The van der Waals surface area contributed by atoms with Crippen LogP contribution in [0.15, 0.2) is 194 Å². The zero-order valence-electron chi connectivity index (χ0n) is 28.8. The molecule has 0 aliphatic carbocycles. The number of thiophene rings is 1. The fourth-order valence-corrected chi connectivity index (χ4v) is 8.73. The lowest BCUT2D eigenvalue weighted by molar-refractivity contribution is 1.18. The molecule has 53 heavy (non-hydrogen) atoms. The molecule has 248 valence electrons. The maximum absolute atomic E-state index is 5.28. The number of nitrogens with zero attached hydrogens (tertiary/aromatic N) is 2. The van der Waals surface area contributed by atoms with Crippen molar-refractivity contribution in [2.45, 2.75) is 0 Å². The van der Waals surface area contributed by atoms with Crippen molar-refractivity contribution in [1.29, 1.82) is 0 Å². The standard InChI is InChI=1S/C50H32N2S/c1-3-16-34(17-4-1)45-32-46(52-50(51-45)35-18-5-2-6-19-35)38-30-36(40-22-9-10-23-42(40)43-26-13-20-33-15-7-8-21-39(33)43)29-37(31-38)41-25-14-28-48-49(41)44-24-11-12-27-47(44)53-48/h1-32H. The summed E-state index contributed by atoms with van der Waals surface area (Å²) >= 11 is 1.85. The molecule has 0 aliphatic heterocycles. The zero-order valence-corrected chi connectivity index (χ0v) is 29.6. The highest BCUT2D eigenvalue weighted by Gasteiger charge is 2.18. The van der Waals surface area contributed by atoms with Crippen LogP contribution in [-0.4, -0.2) is 9.97 Å². The molecule has 0 bridgehead atoms. The minimum absolute atomic E-state index is 0.705. The van der Waals surface area contributed by atoms with Crippen LogP contribution in [0.25, 0.3) is 98.2 Å². The van der Waals surface area contributed by atoms with E-state index in [0.29, 0.717) is 5.82 Å². The van der Waals surface area contributed by atoms with Gasteiger partial charge in [0, 0.05) is 36.9 Å². The second kappa shape index (κ2) is 13.1. The molecule has 0 radical (unpaired) electrons. The highest BCUT2D eigenvalue weighted by Crippen LogP contribution is 2.44. The number of benzene rings is 8. The fourth-order valence-electron chi connectivity index (χ4n) is 7.60. The van der Waals surface area contributed by atoms with E-state index in [2.05, 4.69) is 170 Å². The molecule has 10 aromatic rings. The van der Waals surface area contributed by atoms with E-state index in [1.165, 1.54) is 53.2 Å². The van der Waals surface area contributed by atoms with Crippen molar-refractivity contribution in [1.82, 2.24) is 9.97 Å². The average Bonchev–Trinajstić information content (AvgIpc) is 3.63. The molecule has 10 rings (SSSR count). The lowest BCUT2D eigenvalue weighted by Gasteiger charge is -2.16. The van der Waals surface area contributed by atoms with Gasteiger partial charge in [-0.25, -0.2) is 9.97 Å². The summed E-state index contributed by atoms with van der Waals surface area (Å²) in [5.41, 5.74) is 12.0. The Hall–Kier alpha value is -6.68. The lowest BCUT2D eigenvalue weighted by atomic mass is 9.88. The van der Waals surface area contributed by atoms with E-state index < -0.39 is 0 Å². The van der Waals surface area contributed by atoms with Crippen LogP contribution in [0.1, 0.15) is 0 Å². The third kappa shape index (κ3) is 5.68. The van der Waals surface area contributed by atoms with E-state index in [1.54, 1.807) is 0 Å². The molecule has 0 saturated heterocycles. The maximum atomic E-state index is 5.28. The molecule has 0 saturated carbocycles. The molecule has 0 spiro atoms. The zero-order chi connectivity index (χ0) is 35.1. The SMILES string of the molecule is c1ccc(-c2cc(-c3cc(-c4ccccc4-c4cccc5ccccc45)cc(-c4cccc5sc6ccccc6c45)c3)nc(-c3ccccc3)n2)cc1. The summed E-state index contributed by atoms with van der Waals surface area (Å²) in [4.78, 5) is 10.4. The van der Waals surface area contributed by atoms with Crippen molar-refractivity contribution in [3.8, 4) is 67.3 Å². The van der Waals surface area contributed by atoms with Crippen molar-refractivity contribution in [3.05, 3.63) is 194 Å². The molecule has 0 aliphatic rings. The van der Waals surface area contributed by atoms with Crippen molar-refractivity contribution in [3.63, 3.8) is 0 Å². The van der Waals surface area contributed by atoms with Gasteiger partial charge in [-0.05, 0) is 80.6 Å². The first-order valence-electron chi connectivity index (χ1n) is 17.9. The van der Waals surface area contributed by atoms with Crippen molar-refractivity contribution < 1.29 is 0 Å². The number of aromatic nitrogens is 2. The van der Waals surface area contributed by atoms with Gasteiger partial charge >= 0.3 is 0 Å². The Labute approximate surface area is 312 Å². The highest BCUT2D eigenvalue weighted by atomic mass is 32.1. The van der Waals surface area contributed by atoms with Crippen LogP contribution >= 0.6 is 11.3 Å². The van der Waals surface area contributed by atoms with Crippen molar-refractivity contribution >= 4 is 42.3 Å². The van der Waals surface area contributed by atoms with Gasteiger partial charge in [-0.3, -0.25) is 0 Å². The molecule has 8 aromatic carbocycles. The lowest BCUT2D eigenvalue weighted by Crippen LogP contribution is -1.97. The summed E-state index contributed by atoms with van der Waals surface area (Å²) in [6.45, 7) is 0. The topological polar surface area (TPSA) is 25.8 Å². The van der Waals surface area contributed by atoms with Gasteiger partial charge < -0.3 is 0 Å². The number of hydrogen-bond acceptors (Lipinski definition) is 3. The van der Waals surface area contributed by atoms with Crippen LogP contribution in [0.2, 0.25) is 0 Å². The molecular weight excluding hydrogens is 661 g/mol. The van der Waals surface area contributed by atoms with Gasteiger partial charge in [0.15, 0.2) is 5.82 Å². The van der Waals surface area contributed by atoms with E-state index in [9.17, 15) is 0 Å². The molecule has 3 heteroatoms. The largest absolute Gasteiger partial charge is 0.228 e. The predicted octanol–water partition coefficient (Wildman–Crippen LogP) is 14.0. The van der Waals surface area contributed by atoms with Gasteiger partial charge in [-0.2, -0.15) is 0 Å². The van der Waals surface area contributed by atoms with Gasteiger partial charge in [0.05, 0.1) is 11.4 Å². The van der Waals surface area contributed by atoms with Gasteiger partial charge in [0.2, 0.25) is 0 Å². The van der Waals surface area contributed by atoms with Crippen molar-refractivity contribution in [2.24, 2.45) is 0 Å². The number of hydrogen-bond donors (Lipinski definition) is 0. The van der Waals surface area contributed by atoms with E-state index in [0.717, 1.165) is 39.2 Å². The molecule has 0 atom stereocenters.